The second-order valence-electron chi connectivity index (χ2n) is 4.16. The number of amides is 1. The fourth-order valence-corrected chi connectivity index (χ4v) is 2.66. The number of nitrogens with zero attached hydrogens (tertiary/aromatic N) is 1. The Morgan fingerprint density at radius 1 is 1.67 bits per heavy atom. The van der Waals surface area contributed by atoms with Gasteiger partial charge in [0.15, 0.2) is 5.13 Å². The molecule has 1 amide bonds. The molecule has 1 aromatic rings. The molecular formula is C11H18N4O2S. The number of anilines is 2. The Kier molecular flexibility index (Phi) is 4.38. The molecule has 0 aromatic carbocycles. The molecule has 1 fully saturated rings. The number of ether oxygens (including phenoxy) is 1. The van der Waals surface area contributed by atoms with Crippen molar-refractivity contribution in [3.8, 4) is 0 Å². The van der Waals surface area contributed by atoms with Gasteiger partial charge < -0.3 is 21.1 Å². The van der Waals surface area contributed by atoms with Crippen molar-refractivity contribution in [3.05, 3.63) is 4.88 Å². The quantitative estimate of drug-likeness (QED) is 0.744. The first kappa shape index (κ1) is 13.1. The van der Waals surface area contributed by atoms with Gasteiger partial charge in [0.2, 0.25) is 0 Å². The number of carbonyl (C=O) groups excluding carboxylic acids is 1. The molecule has 1 unspecified atom stereocenters. The van der Waals surface area contributed by atoms with Crippen LogP contribution in [-0.2, 0) is 4.74 Å². The van der Waals surface area contributed by atoms with Crippen molar-refractivity contribution in [1.82, 2.24) is 10.3 Å². The summed E-state index contributed by atoms with van der Waals surface area (Å²) in [7, 11) is 1.75. The van der Waals surface area contributed by atoms with E-state index in [-0.39, 0.29) is 17.8 Å². The zero-order valence-corrected chi connectivity index (χ0v) is 11.2. The summed E-state index contributed by atoms with van der Waals surface area (Å²) in [6, 6.07) is 0. The summed E-state index contributed by atoms with van der Waals surface area (Å²) in [5.41, 5.74) is 5.69. The summed E-state index contributed by atoms with van der Waals surface area (Å²) < 4.78 is 5.49. The number of nitrogens with one attached hydrogen (secondary N) is 2. The number of nitrogen functional groups attached to an aromatic ring is 1. The predicted molar refractivity (Wildman–Crippen MR) is 72.0 cm³/mol. The van der Waals surface area contributed by atoms with Crippen LogP contribution in [0.2, 0.25) is 0 Å². The minimum Gasteiger partial charge on any atom is -0.382 e. The van der Waals surface area contributed by atoms with E-state index in [1.165, 1.54) is 11.3 Å². The lowest BCUT2D eigenvalue weighted by molar-refractivity contribution is 0.0911. The molecular weight excluding hydrogens is 252 g/mol. The molecule has 0 aliphatic carbocycles. The third-order valence-electron chi connectivity index (χ3n) is 2.85. The van der Waals surface area contributed by atoms with Gasteiger partial charge in [-0.1, -0.05) is 11.3 Å². The Morgan fingerprint density at radius 2 is 2.50 bits per heavy atom. The van der Waals surface area contributed by atoms with Gasteiger partial charge in [0.1, 0.15) is 10.7 Å². The first-order valence-corrected chi connectivity index (χ1v) is 6.86. The third kappa shape index (κ3) is 3.11. The van der Waals surface area contributed by atoms with Crippen molar-refractivity contribution in [2.45, 2.75) is 25.4 Å². The highest BCUT2D eigenvalue weighted by molar-refractivity contribution is 7.18. The van der Waals surface area contributed by atoms with E-state index < -0.39 is 0 Å². The van der Waals surface area contributed by atoms with Crippen molar-refractivity contribution in [3.63, 3.8) is 0 Å². The number of hydrogen-bond acceptors (Lipinski definition) is 6. The van der Waals surface area contributed by atoms with Gasteiger partial charge in [0, 0.05) is 20.2 Å². The molecule has 18 heavy (non-hydrogen) atoms. The summed E-state index contributed by atoms with van der Waals surface area (Å²) >= 11 is 1.26. The second kappa shape index (κ2) is 6.01. The van der Waals surface area contributed by atoms with E-state index in [1.807, 2.05) is 0 Å². The van der Waals surface area contributed by atoms with Crippen LogP contribution in [0.5, 0.6) is 0 Å². The second-order valence-corrected chi connectivity index (χ2v) is 5.16. The van der Waals surface area contributed by atoms with Gasteiger partial charge in [-0.05, 0) is 19.3 Å². The standard InChI is InChI=1S/C11H18N4O2S/c1-13-11-15-9(12)8(18-11)10(16)14-5-4-7-3-2-6-17-7/h7H,2-6,12H2,1H3,(H,13,15)(H,14,16). The maximum absolute atomic E-state index is 11.9. The van der Waals surface area contributed by atoms with Crippen LogP contribution in [0.25, 0.3) is 0 Å². The molecule has 0 bridgehead atoms. The maximum Gasteiger partial charge on any atom is 0.265 e. The molecule has 0 saturated carbocycles. The number of hydrogen-bond donors (Lipinski definition) is 3. The summed E-state index contributed by atoms with van der Waals surface area (Å²) in [5, 5.41) is 6.37. The Labute approximate surface area is 110 Å². The number of nitrogens with two attached hydrogens (primary N) is 1. The van der Waals surface area contributed by atoms with Crippen LogP contribution >= 0.6 is 11.3 Å². The Hall–Kier alpha value is -1.34. The maximum atomic E-state index is 11.9. The molecule has 1 aromatic heterocycles. The van der Waals surface area contributed by atoms with Crippen LogP contribution < -0.4 is 16.4 Å². The van der Waals surface area contributed by atoms with Crippen LogP contribution in [0.3, 0.4) is 0 Å². The fraction of sp³-hybridized carbons (Fsp3) is 0.636. The van der Waals surface area contributed by atoms with E-state index >= 15 is 0 Å². The van der Waals surface area contributed by atoms with Crippen molar-refractivity contribution in [1.29, 1.82) is 0 Å². The molecule has 1 aliphatic rings. The molecule has 100 valence electrons. The lowest BCUT2D eigenvalue weighted by Crippen LogP contribution is -2.26. The highest BCUT2D eigenvalue weighted by Crippen LogP contribution is 2.24. The Balaban J connectivity index is 1.81. The molecule has 1 atom stereocenters. The van der Waals surface area contributed by atoms with E-state index in [0.29, 0.717) is 16.6 Å². The van der Waals surface area contributed by atoms with Crippen LogP contribution in [0.1, 0.15) is 28.9 Å². The molecule has 1 aliphatic heterocycles. The molecule has 6 nitrogen and oxygen atoms in total. The summed E-state index contributed by atoms with van der Waals surface area (Å²) in [5.74, 6) is 0.114. The van der Waals surface area contributed by atoms with Crippen LogP contribution in [-0.4, -0.2) is 37.2 Å². The van der Waals surface area contributed by atoms with E-state index in [9.17, 15) is 4.79 Å². The highest BCUT2D eigenvalue weighted by atomic mass is 32.1. The van der Waals surface area contributed by atoms with Gasteiger partial charge in [0.05, 0.1) is 6.10 Å². The van der Waals surface area contributed by atoms with Crippen molar-refractivity contribution >= 4 is 28.2 Å². The zero-order valence-electron chi connectivity index (χ0n) is 10.4. The Morgan fingerprint density at radius 3 is 3.11 bits per heavy atom. The van der Waals surface area contributed by atoms with Gasteiger partial charge >= 0.3 is 0 Å². The molecule has 0 spiro atoms. The number of rotatable bonds is 5. The summed E-state index contributed by atoms with van der Waals surface area (Å²) in [6.07, 6.45) is 3.34. The third-order valence-corrected chi connectivity index (χ3v) is 3.94. The number of carbonyl (C=O) groups is 1. The molecule has 1 saturated heterocycles. The largest absolute Gasteiger partial charge is 0.382 e. The predicted octanol–water partition coefficient (Wildman–Crippen LogP) is 1.07. The van der Waals surface area contributed by atoms with Crippen LogP contribution in [0.15, 0.2) is 0 Å². The molecule has 0 radical (unpaired) electrons. The van der Waals surface area contributed by atoms with Gasteiger partial charge in [-0.3, -0.25) is 4.79 Å². The average molecular weight is 270 g/mol. The van der Waals surface area contributed by atoms with Gasteiger partial charge in [-0.25, -0.2) is 4.98 Å². The number of aromatic nitrogens is 1. The normalized spacial score (nSPS) is 18.8. The monoisotopic (exact) mass is 270 g/mol. The highest BCUT2D eigenvalue weighted by Gasteiger charge is 2.18. The average Bonchev–Trinajstić information content (AvgIpc) is 2.98. The summed E-state index contributed by atoms with van der Waals surface area (Å²) in [6.45, 7) is 1.45. The van der Waals surface area contributed by atoms with Gasteiger partial charge in [0.25, 0.3) is 5.91 Å². The topological polar surface area (TPSA) is 89.3 Å². The lowest BCUT2D eigenvalue weighted by Gasteiger charge is -2.09. The van der Waals surface area contributed by atoms with Crippen molar-refractivity contribution < 1.29 is 9.53 Å². The lowest BCUT2D eigenvalue weighted by atomic mass is 10.2. The van der Waals surface area contributed by atoms with Gasteiger partial charge in [-0.15, -0.1) is 0 Å². The van der Waals surface area contributed by atoms with Crippen LogP contribution in [0, 0.1) is 0 Å². The SMILES string of the molecule is CNc1nc(N)c(C(=O)NCCC2CCCO2)s1. The first-order valence-electron chi connectivity index (χ1n) is 6.04. The van der Waals surface area contributed by atoms with Crippen molar-refractivity contribution in [2.24, 2.45) is 0 Å². The smallest absolute Gasteiger partial charge is 0.265 e. The molecule has 4 N–H and O–H groups in total. The van der Waals surface area contributed by atoms with Gasteiger partial charge in [-0.2, -0.15) is 0 Å². The van der Waals surface area contributed by atoms with Crippen molar-refractivity contribution in [2.75, 3.05) is 31.2 Å². The molecule has 2 heterocycles. The van der Waals surface area contributed by atoms with E-state index in [4.69, 9.17) is 10.5 Å². The first-order chi connectivity index (χ1) is 8.70. The molecule has 2 rings (SSSR count). The zero-order chi connectivity index (χ0) is 13.0. The van der Waals surface area contributed by atoms with E-state index in [0.717, 1.165) is 25.9 Å². The Bertz CT molecular complexity index is 415. The number of thiazole rings is 1. The minimum absolute atomic E-state index is 0.163. The van der Waals surface area contributed by atoms with E-state index in [1.54, 1.807) is 7.05 Å². The summed E-state index contributed by atoms with van der Waals surface area (Å²) in [4.78, 5) is 16.4. The minimum atomic E-state index is -0.163. The fourth-order valence-electron chi connectivity index (χ4n) is 1.90. The molecule has 7 heteroatoms. The van der Waals surface area contributed by atoms with E-state index in [2.05, 4.69) is 15.6 Å². The van der Waals surface area contributed by atoms with Crippen LogP contribution in [0.4, 0.5) is 10.9 Å².